The van der Waals surface area contributed by atoms with Crippen LogP contribution in [0.4, 0.5) is 0 Å². The molecule has 1 heterocycles. The SMILES string of the molecule is CNC1CCN(CC=C(C)C)C1. The summed E-state index contributed by atoms with van der Waals surface area (Å²) in [6.45, 7) is 7.90. The summed E-state index contributed by atoms with van der Waals surface area (Å²) in [5.41, 5.74) is 1.42. The Morgan fingerprint density at radius 2 is 2.33 bits per heavy atom. The van der Waals surface area contributed by atoms with Gasteiger partial charge in [-0.05, 0) is 27.3 Å². The Balaban J connectivity index is 2.23. The van der Waals surface area contributed by atoms with Gasteiger partial charge in [-0.15, -0.1) is 0 Å². The minimum absolute atomic E-state index is 0.718. The Bertz CT molecular complexity index is 159. The Morgan fingerprint density at radius 3 is 2.83 bits per heavy atom. The lowest BCUT2D eigenvalue weighted by Crippen LogP contribution is -2.29. The van der Waals surface area contributed by atoms with Crippen LogP contribution in [0, 0.1) is 0 Å². The van der Waals surface area contributed by atoms with Crippen molar-refractivity contribution in [2.75, 3.05) is 26.7 Å². The zero-order valence-electron chi connectivity index (χ0n) is 8.43. The average molecular weight is 168 g/mol. The van der Waals surface area contributed by atoms with E-state index in [1.54, 1.807) is 0 Å². The van der Waals surface area contributed by atoms with Crippen LogP contribution in [0.2, 0.25) is 0 Å². The van der Waals surface area contributed by atoms with E-state index in [-0.39, 0.29) is 0 Å². The van der Waals surface area contributed by atoms with Gasteiger partial charge in [0.15, 0.2) is 0 Å². The van der Waals surface area contributed by atoms with E-state index >= 15 is 0 Å². The molecule has 1 unspecified atom stereocenters. The fourth-order valence-corrected chi connectivity index (χ4v) is 1.55. The average Bonchev–Trinajstić information content (AvgIpc) is 2.48. The number of likely N-dealkylation sites (tertiary alicyclic amines) is 1. The molecule has 0 bridgehead atoms. The molecule has 0 amide bonds. The minimum atomic E-state index is 0.718. The van der Waals surface area contributed by atoms with Crippen LogP contribution in [0.5, 0.6) is 0 Å². The minimum Gasteiger partial charge on any atom is -0.316 e. The molecule has 0 spiro atoms. The molecular weight excluding hydrogens is 148 g/mol. The second kappa shape index (κ2) is 4.63. The molecule has 2 heteroatoms. The highest BCUT2D eigenvalue weighted by molar-refractivity contribution is 4.96. The van der Waals surface area contributed by atoms with Crippen molar-refractivity contribution in [1.29, 1.82) is 0 Å². The first kappa shape index (κ1) is 9.75. The van der Waals surface area contributed by atoms with Gasteiger partial charge in [0, 0.05) is 25.7 Å². The molecule has 0 aromatic rings. The van der Waals surface area contributed by atoms with Gasteiger partial charge in [-0.3, -0.25) is 4.90 Å². The smallest absolute Gasteiger partial charge is 0.0204 e. The van der Waals surface area contributed by atoms with Crippen LogP contribution in [0.15, 0.2) is 11.6 Å². The predicted octanol–water partition coefficient (Wildman–Crippen LogP) is 1.25. The molecule has 0 aromatic carbocycles. The van der Waals surface area contributed by atoms with E-state index < -0.39 is 0 Å². The van der Waals surface area contributed by atoms with E-state index in [4.69, 9.17) is 0 Å². The summed E-state index contributed by atoms with van der Waals surface area (Å²) in [4.78, 5) is 2.49. The first-order valence-corrected chi connectivity index (χ1v) is 4.75. The molecule has 1 rings (SSSR count). The highest BCUT2D eigenvalue weighted by Crippen LogP contribution is 2.08. The van der Waals surface area contributed by atoms with Crippen molar-refractivity contribution < 1.29 is 0 Å². The molecule has 0 saturated carbocycles. The summed E-state index contributed by atoms with van der Waals surface area (Å²) >= 11 is 0. The summed E-state index contributed by atoms with van der Waals surface area (Å²) in [7, 11) is 2.05. The molecule has 70 valence electrons. The van der Waals surface area contributed by atoms with E-state index in [1.165, 1.54) is 25.1 Å². The molecule has 12 heavy (non-hydrogen) atoms. The summed E-state index contributed by atoms with van der Waals surface area (Å²) < 4.78 is 0. The number of nitrogens with one attached hydrogen (secondary N) is 1. The Morgan fingerprint density at radius 1 is 1.58 bits per heavy atom. The molecule has 0 aliphatic carbocycles. The van der Waals surface area contributed by atoms with Gasteiger partial charge in [-0.25, -0.2) is 0 Å². The third-order valence-corrected chi connectivity index (χ3v) is 2.44. The fraction of sp³-hybridized carbons (Fsp3) is 0.800. The van der Waals surface area contributed by atoms with Crippen molar-refractivity contribution in [2.24, 2.45) is 0 Å². The highest BCUT2D eigenvalue weighted by Gasteiger charge is 2.19. The summed E-state index contributed by atoms with van der Waals surface area (Å²) in [5, 5.41) is 3.32. The third-order valence-electron chi connectivity index (χ3n) is 2.44. The molecule has 2 nitrogen and oxygen atoms in total. The predicted molar refractivity (Wildman–Crippen MR) is 53.3 cm³/mol. The standard InChI is InChI=1S/C10H20N2/c1-9(2)4-6-12-7-5-10(8-12)11-3/h4,10-11H,5-8H2,1-3H3. The van der Waals surface area contributed by atoms with E-state index in [9.17, 15) is 0 Å². The number of hydrogen-bond donors (Lipinski definition) is 1. The molecule has 1 aliphatic heterocycles. The van der Waals surface area contributed by atoms with E-state index in [0.29, 0.717) is 0 Å². The van der Waals surface area contributed by atoms with Gasteiger partial charge in [0.1, 0.15) is 0 Å². The number of rotatable bonds is 3. The maximum atomic E-state index is 3.32. The molecule has 0 aromatic heterocycles. The monoisotopic (exact) mass is 168 g/mol. The van der Waals surface area contributed by atoms with Crippen molar-refractivity contribution in [2.45, 2.75) is 26.3 Å². The molecule has 1 saturated heterocycles. The fourth-order valence-electron chi connectivity index (χ4n) is 1.55. The topological polar surface area (TPSA) is 15.3 Å². The van der Waals surface area contributed by atoms with Gasteiger partial charge < -0.3 is 5.32 Å². The number of allylic oxidation sites excluding steroid dienone is 1. The first-order chi connectivity index (χ1) is 5.72. The quantitative estimate of drug-likeness (QED) is 0.638. The zero-order chi connectivity index (χ0) is 8.97. The van der Waals surface area contributed by atoms with Gasteiger partial charge in [-0.2, -0.15) is 0 Å². The van der Waals surface area contributed by atoms with Crippen LogP contribution < -0.4 is 5.32 Å². The second-order valence-electron chi connectivity index (χ2n) is 3.82. The molecule has 1 fully saturated rings. The van der Waals surface area contributed by atoms with Gasteiger partial charge in [-0.1, -0.05) is 11.6 Å². The van der Waals surface area contributed by atoms with Crippen LogP contribution >= 0.6 is 0 Å². The normalized spacial score (nSPS) is 24.4. The molecule has 1 aliphatic rings. The Labute approximate surface area is 75.6 Å². The lowest BCUT2D eigenvalue weighted by Gasteiger charge is -2.13. The zero-order valence-corrected chi connectivity index (χ0v) is 8.43. The van der Waals surface area contributed by atoms with Gasteiger partial charge in [0.25, 0.3) is 0 Å². The maximum Gasteiger partial charge on any atom is 0.0204 e. The van der Waals surface area contributed by atoms with Crippen LogP contribution in [0.3, 0.4) is 0 Å². The number of hydrogen-bond acceptors (Lipinski definition) is 2. The largest absolute Gasteiger partial charge is 0.316 e. The summed E-state index contributed by atoms with van der Waals surface area (Å²) in [5.74, 6) is 0. The second-order valence-corrected chi connectivity index (χ2v) is 3.82. The Kier molecular flexibility index (Phi) is 3.76. The van der Waals surface area contributed by atoms with Crippen molar-refractivity contribution in [3.05, 3.63) is 11.6 Å². The lowest BCUT2D eigenvalue weighted by atomic mass is 10.3. The first-order valence-electron chi connectivity index (χ1n) is 4.75. The van der Waals surface area contributed by atoms with Crippen LogP contribution in [-0.4, -0.2) is 37.6 Å². The number of nitrogens with zero attached hydrogens (tertiary/aromatic N) is 1. The maximum absolute atomic E-state index is 3.32. The molecular formula is C10H20N2. The van der Waals surface area contributed by atoms with Gasteiger partial charge in [0.05, 0.1) is 0 Å². The number of likely N-dealkylation sites (N-methyl/N-ethyl adjacent to an activating group) is 1. The van der Waals surface area contributed by atoms with Crippen molar-refractivity contribution in [1.82, 2.24) is 10.2 Å². The van der Waals surface area contributed by atoms with Crippen LogP contribution in [0.25, 0.3) is 0 Å². The van der Waals surface area contributed by atoms with Gasteiger partial charge >= 0.3 is 0 Å². The molecule has 1 atom stereocenters. The van der Waals surface area contributed by atoms with E-state index in [0.717, 1.165) is 12.6 Å². The third kappa shape index (κ3) is 2.95. The molecule has 1 N–H and O–H groups in total. The van der Waals surface area contributed by atoms with Gasteiger partial charge in [0.2, 0.25) is 0 Å². The van der Waals surface area contributed by atoms with Crippen molar-refractivity contribution in [3.63, 3.8) is 0 Å². The summed E-state index contributed by atoms with van der Waals surface area (Å²) in [6.07, 6.45) is 3.60. The highest BCUT2D eigenvalue weighted by atomic mass is 15.2. The van der Waals surface area contributed by atoms with Crippen molar-refractivity contribution >= 4 is 0 Å². The van der Waals surface area contributed by atoms with E-state index in [2.05, 4.69) is 37.2 Å². The summed E-state index contributed by atoms with van der Waals surface area (Å²) in [6, 6.07) is 0.718. The van der Waals surface area contributed by atoms with Crippen molar-refractivity contribution in [3.8, 4) is 0 Å². The van der Waals surface area contributed by atoms with E-state index in [1.807, 2.05) is 0 Å². The van der Waals surface area contributed by atoms with Crippen LogP contribution in [0.1, 0.15) is 20.3 Å². The lowest BCUT2D eigenvalue weighted by molar-refractivity contribution is 0.365. The Hall–Kier alpha value is -0.340. The van der Waals surface area contributed by atoms with Crippen LogP contribution in [-0.2, 0) is 0 Å². The molecule has 0 radical (unpaired) electrons.